The maximum atomic E-state index is 11.9. The smallest absolute Gasteiger partial charge is 0.237 e. The Morgan fingerprint density at radius 3 is 3.17 bits per heavy atom. The average Bonchev–Trinajstić information content (AvgIpc) is 3.23. The number of H-pyrrole nitrogens is 1. The number of nitrogens with one attached hydrogen (secondary N) is 1. The van der Waals surface area contributed by atoms with Crippen molar-refractivity contribution in [1.82, 2.24) is 19.9 Å². The first-order valence-electron chi connectivity index (χ1n) is 7.33. The van der Waals surface area contributed by atoms with Crippen LogP contribution in [0.5, 0.6) is 0 Å². The van der Waals surface area contributed by atoms with Gasteiger partial charge in [-0.25, -0.2) is 9.97 Å². The monoisotopic (exact) mass is 303 g/mol. The zero-order valence-electron chi connectivity index (χ0n) is 12.3. The van der Waals surface area contributed by atoms with Crippen molar-refractivity contribution in [2.75, 3.05) is 13.1 Å². The van der Waals surface area contributed by atoms with Crippen LogP contribution in [0.4, 0.5) is 0 Å². The van der Waals surface area contributed by atoms with Crippen LogP contribution in [0.2, 0.25) is 0 Å². The van der Waals surface area contributed by atoms with Gasteiger partial charge in [0.05, 0.1) is 17.8 Å². The van der Waals surface area contributed by atoms with Gasteiger partial charge in [-0.15, -0.1) is 0 Å². The molecule has 0 unspecified atom stereocenters. The molecule has 1 aliphatic rings. The summed E-state index contributed by atoms with van der Waals surface area (Å²) in [5.41, 5.74) is 3.82. The third kappa shape index (κ3) is 2.14. The van der Waals surface area contributed by atoms with Gasteiger partial charge in [-0.3, -0.25) is 4.79 Å². The summed E-state index contributed by atoms with van der Waals surface area (Å²) in [6.07, 6.45) is 7.38. The maximum absolute atomic E-state index is 11.9. The molecule has 4 rings (SSSR count). The molecule has 0 saturated carbocycles. The van der Waals surface area contributed by atoms with Crippen LogP contribution in [0.3, 0.4) is 0 Å². The molecule has 0 fully saturated rings. The van der Waals surface area contributed by atoms with Crippen molar-refractivity contribution in [2.45, 2.75) is 6.42 Å². The van der Waals surface area contributed by atoms with E-state index >= 15 is 0 Å². The third-order valence-corrected chi connectivity index (χ3v) is 4.14. The highest BCUT2D eigenvalue weighted by Gasteiger charge is 2.22. The molecule has 3 aromatic rings. The van der Waals surface area contributed by atoms with Gasteiger partial charge in [0.2, 0.25) is 5.91 Å². The third-order valence-electron chi connectivity index (χ3n) is 4.14. The van der Waals surface area contributed by atoms with Crippen molar-refractivity contribution < 1.29 is 4.79 Å². The van der Waals surface area contributed by atoms with Gasteiger partial charge in [0, 0.05) is 36.3 Å². The Balaban J connectivity index is 1.80. The minimum Gasteiger partial charge on any atom is -0.360 e. The lowest BCUT2D eigenvalue weighted by Crippen LogP contribution is -2.28. The summed E-state index contributed by atoms with van der Waals surface area (Å²) < 4.78 is 0. The highest BCUT2D eigenvalue weighted by molar-refractivity contribution is 6.09. The number of pyridine rings is 2. The average molecular weight is 303 g/mol. The van der Waals surface area contributed by atoms with Gasteiger partial charge in [-0.1, -0.05) is 6.08 Å². The predicted octanol–water partition coefficient (Wildman–Crippen LogP) is 2.25. The number of hydrogen-bond acceptors (Lipinski definition) is 4. The van der Waals surface area contributed by atoms with Gasteiger partial charge >= 0.3 is 0 Å². The molecule has 112 valence electrons. The SMILES string of the molecule is N#CCC(=O)N1CC=C(c2cc[nH]c3cnc4nccc4c23)C1. The summed E-state index contributed by atoms with van der Waals surface area (Å²) in [7, 11) is 0. The highest BCUT2D eigenvalue weighted by Crippen LogP contribution is 2.31. The molecule has 6 nitrogen and oxygen atoms in total. The Hall–Kier alpha value is -3.20. The molecule has 4 heterocycles. The number of carbonyl (C=O) groups excluding carboxylic acids is 1. The first kappa shape index (κ1) is 13.5. The quantitative estimate of drug-likeness (QED) is 0.786. The molecule has 0 saturated heterocycles. The minimum absolute atomic E-state index is 0.0780. The van der Waals surface area contributed by atoms with Crippen molar-refractivity contribution >= 4 is 33.4 Å². The summed E-state index contributed by atoms with van der Waals surface area (Å²) >= 11 is 0. The summed E-state index contributed by atoms with van der Waals surface area (Å²) in [4.78, 5) is 25.4. The summed E-state index contributed by atoms with van der Waals surface area (Å²) in [5.74, 6) is -0.132. The first-order chi connectivity index (χ1) is 11.3. The second-order valence-electron chi connectivity index (χ2n) is 5.46. The molecule has 0 aliphatic carbocycles. The van der Waals surface area contributed by atoms with Crippen molar-refractivity contribution in [1.29, 1.82) is 5.26 Å². The van der Waals surface area contributed by atoms with Gasteiger partial charge in [-0.05, 0) is 23.3 Å². The van der Waals surface area contributed by atoms with Crippen LogP contribution in [0, 0.1) is 11.3 Å². The van der Waals surface area contributed by atoms with Gasteiger partial charge in [0.15, 0.2) is 5.65 Å². The summed E-state index contributed by atoms with van der Waals surface area (Å²) in [6.45, 7) is 1.07. The van der Waals surface area contributed by atoms with Crippen molar-refractivity contribution in [3.05, 3.63) is 42.4 Å². The number of fused-ring (bicyclic) bond motifs is 3. The Morgan fingerprint density at radius 1 is 1.39 bits per heavy atom. The van der Waals surface area contributed by atoms with E-state index < -0.39 is 0 Å². The molecule has 0 atom stereocenters. The number of nitrogens with zero attached hydrogens (tertiary/aromatic N) is 4. The maximum Gasteiger partial charge on any atom is 0.237 e. The molecular formula is C17H13N5O. The van der Waals surface area contributed by atoms with E-state index in [2.05, 4.69) is 15.0 Å². The molecule has 1 N–H and O–H groups in total. The Morgan fingerprint density at radius 2 is 2.30 bits per heavy atom. The molecule has 0 bridgehead atoms. The number of rotatable bonds is 2. The van der Waals surface area contributed by atoms with Crippen LogP contribution in [0.1, 0.15) is 12.0 Å². The van der Waals surface area contributed by atoms with Crippen molar-refractivity contribution in [2.24, 2.45) is 0 Å². The lowest BCUT2D eigenvalue weighted by atomic mass is 10.0. The van der Waals surface area contributed by atoms with Crippen LogP contribution in [0.15, 0.2) is 36.8 Å². The topological polar surface area (TPSA) is 85.7 Å². The number of nitriles is 1. The zero-order chi connectivity index (χ0) is 15.8. The van der Waals surface area contributed by atoms with Crippen LogP contribution in [-0.4, -0.2) is 38.8 Å². The lowest BCUT2D eigenvalue weighted by molar-refractivity contribution is -0.128. The van der Waals surface area contributed by atoms with Gasteiger partial charge in [0.1, 0.15) is 6.42 Å². The second kappa shape index (κ2) is 5.21. The number of hydrogen-bond donors (Lipinski definition) is 1. The fourth-order valence-electron chi connectivity index (χ4n) is 3.04. The van der Waals surface area contributed by atoms with E-state index in [1.807, 2.05) is 30.5 Å². The molecule has 6 heteroatoms. The zero-order valence-corrected chi connectivity index (χ0v) is 12.3. The van der Waals surface area contributed by atoms with Crippen molar-refractivity contribution in [3.8, 4) is 6.07 Å². The molecule has 0 aromatic carbocycles. The van der Waals surface area contributed by atoms with E-state index in [1.54, 1.807) is 17.3 Å². The van der Waals surface area contributed by atoms with E-state index in [4.69, 9.17) is 5.26 Å². The van der Waals surface area contributed by atoms with E-state index in [-0.39, 0.29) is 12.3 Å². The molecule has 0 spiro atoms. The van der Waals surface area contributed by atoms with Crippen LogP contribution < -0.4 is 0 Å². The summed E-state index contributed by atoms with van der Waals surface area (Å²) in [6, 6.07) is 5.88. The van der Waals surface area contributed by atoms with E-state index in [1.165, 1.54) is 0 Å². The number of amides is 1. The van der Waals surface area contributed by atoms with Crippen LogP contribution in [0.25, 0.3) is 27.5 Å². The summed E-state index contributed by atoms with van der Waals surface area (Å²) in [5, 5.41) is 10.7. The number of aromatic nitrogens is 3. The normalized spacial score (nSPS) is 14.2. The molecule has 23 heavy (non-hydrogen) atoms. The number of carbonyl (C=O) groups is 1. The highest BCUT2D eigenvalue weighted by atomic mass is 16.2. The van der Waals surface area contributed by atoms with Gasteiger partial charge in [0.25, 0.3) is 0 Å². The van der Waals surface area contributed by atoms with E-state index in [9.17, 15) is 4.79 Å². The molecule has 1 amide bonds. The van der Waals surface area contributed by atoms with Crippen LogP contribution in [-0.2, 0) is 4.79 Å². The van der Waals surface area contributed by atoms with E-state index in [0.29, 0.717) is 18.7 Å². The number of aromatic amines is 1. The molecular weight excluding hydrogens is 290 g/mol. The second-order valence-corrected chi connectivity index (χ2v) is 5.46. The fraction of sp³-hybridized carbons (Fsp3) is 0.176. The first-order valence-corrected chi connectivity index (χ1v) is 7.33. The van der Waals surface area contributed by atoms with Gasteiger partial charge in [-0.2, -0.15) is 5.26 Å². The molecule has 3 aromatic heterocycles. The molecule has 0 radical (unpaired) electrons. The van der Waals surface area contributed by atoms with Crippen LogP contribution >= 0.6 is 0 Å². The van der Waals surface area contributed by atoms with E-state index in [0.717, 1.165) is 27.4 Å². The largest absolute Gasteiger partial charge is 0.360 e. The fourth-order valence-corrected chi connectivity index (χ4v) is 3.04. The minimum atomic E-state index is -0.132. The molecule has 1 aliphatic heterocycles. The van der Waals surface area contributed by atoms with Gasteiger partial charge < -0.3 is 9.88 Å². The predicted molar refractivity (Wildman–Crippen MR) is 86.2 cm³/mol. The Labute approximate surface area is 132 Å². The standard InChI is InChI=1S/C17H13N5O/c18-5-1-15(23)22-8-4-11(10-22)12-2-6-19-14-9-21-17-13(16(12)14)3-7-20-17/h2-4,6-7,9,19H,1,8,10H2. The van der Waals surface area contributed by atoms with Crippen molar-refractivity contribution in [3.63, 3.8) is 0 Å². The Kier molecular flexibility index (Phi) is 3.05. The Bertz CT molecular complexity index is 995. The lowest BCUT2D eigenvalue weighted by Gasteiger charge is -2.15.